The summed E-state index contributed by atoms with van der Waals surface area (Å²) >= 11 is 13.5. The quantitative estimate of drug-likeness (QED) is 0.703. The molecule has 1 N–H and O–H groups in total. The zero-order valence-electron chi connectivity index (χ0n) is 14.5. The summed E-state index contributed by atoms with van der Waals surface area (Å²) in [6, 6.07) is 5.43. The molecule has 0 aliphatic heterocycles. The van der Waals surface area contributed by atoms with Crippen molar-refractivity contribution in [1.82, 2.24) is 4.57 Å². The first kappa shape index (κ1) is 21.3. The summed E-state index contributed by atoms with van der Waals surface area (Å²) in [4.78, 5) is 18.2. The summed E-state index contributed by atoms with van der Waals surface area (Å²) in [5.41, 5.74) is 1.55. The lowest BCUT2D eigenvalue weighted by Crippen LogP contribution is -2.22. The molecule has 3 rings (SSSR count). The topological polar surface area (TPSA) is 46.4 Å². The van der Waals surface area contributed by atoms with Crippen LogP contribution in [0.3, 0.4) is 0 Å². The Kier molecular flexibility index (Phi) is 8.02. The number of hydrogen-bond donors (Lipinski definition) is 1. The number of benzene rings is 1. The third-order valence-electron chi connectivity index (χ3n) is 4.37. The fourth-order valence-corrected chi connectivity index (χ4v) is 4.54. The number of hydrogen-bond acceptors (Lipinski definition) is 3. The molecule has 1 saturated carbocycles. The smallest absolute Gasteiger partial charge is 0.230 e. The molecule has 0 spiro atoms. The molecule has 26 heavy (non-hydrogen) atoms. The van der Waals surface area contributed by atoms with Crippen LogP contribution in [-0.4, -0.2) is 16.5 Å². The Bertz CT molecular complexity index is 805. The van der Waals surface area contributed by atoms with Crippen LogP contribution in [0.1, 0.15) is 37.8 Å². The van der Waals surface area contributed by atoms with Gasteiger partial charge in [-0.15, -0.1) is 23.7 Å². The second-order valence-corrected chi connectivity index (χ2v) is 8.08. The van der Waals surface area contributed by atoms with Gasteiger partial charge in [-0.2, -0.15) is 0 Å². The van der Waals surface area contributed by atoms with Crippen molar-refractivity contribution >= 4 is 58.5 Å². The molecule has 1 aromatic heterocycles. The summed E-state index contributed by atoms with van der Waals surface area (Å²) in [5, 5.41) is 5.84. The van der Waals surface area contributed by atoms with Gasteiger partial charge in [0.05, 0.1) is 12.5 Å². The van der Waals surface area contributed by atoms with Gasteiger partial charge in [0.15, 0.2) is 4.80 Å². The number of halogens is 3. The average Bonchev–Trinajstić information content (AvgIpc) is 2.88. The lowest BCUT2D eigenvalue weighted by Gasteiger charge is -2.16. The van der Waals surface area contributed by atoms with Crippen LogP contribution < -0.4 is 10.1 Å². The zero-order valence-corrected chi connectivity index (χ0v) is 17.6. The van der Waals surface area contributed by atoms with E-state index in [-0.39, 0.29) is 24.7 Å². The predicted octanol–water partition coefficient (Wildman–Crippen LogP) is 5.23. The molecule has 1 aliphatic rings. The molecular formula is C18H22Cl3N3OS. The molecule has 0 bridgehead atoms. The van der Waals surface area contributed by atoms with Crippen molar-refractivity contribution in [2.75, 3.05) is 5.32 Å². The van der Waals surface area contributed by atoms with Crippen molar-refractivity contribution < 1.29 is 4.79 Å². The van der Waals surface area contributed by atoms with Gasteiger partial charge in [-0.1, -0.05) is 42.5 Å². The number of nitrogens with zero attached hydrogens (tertiary/aromatic N) is 2. The minimum atomic E-state index is -0.101. The number of amides is 1. The van der Waals surface area contributed by atoms with Crippen LogP contribution in [0.25, 0.3) is 0 Å². The van der Waals surface area contributed by atoms with Gasteiger partial charge in [0.1, 0.15) is 0 Å². The second kappa shape index (κ2) is 9.79. The fourth-order valence-electron chi connectivity index (χ4n) is 3.04. The highest BCUT2D eigenvalue weighted by molar-refractivity contribution is 7.07. The number of nitrogens with one attached hydrogen (secondary N) is 1. The highest BCUT2D eigenvalue weighted by Gasteiger charge is 2.13. The summed E-state index contributed by atoms with van der Waals surface area (Å²) < 4.78 is 2.02. The van der Waals surface area contributed by atoms with Crippen LogP contribution in [0, 0.1) is 0 Å². The van der Waals surface area contributed by atoms with E-state index >= 15 is 0 Å². The minimum Gasteiger partial charge on any atom is -0.326 e. The van der Waals surface area contributed by atoms with Gasteiger partial charge in [0.25, 0.3) is 0 Å². The van der Waals surface area contributed by atoms with Crippen LogP contribution in [0.4, 0.5) is 5.69 Å². The fraction of sp³-hybridized carbons (Fsp3) is 0.444. The third-order valence-corrected chi connectivity index (χ3v) is 5.79. The van der Waals surface area contributed by atoms with Crippen molar-refractivity contribution in [3.05, 3.63) is 44.1 Å². The first-order chi connectivity index (χ1) is 12.0. The van der Waals surface area contributed by atoms with Crippen LogP contribution in [0.15, 0.2) is 28.6 Å². The van der Waals surface area contributed by atoms with E-state index in [0.717, 1.165) is 10.5 Å². The van der Waals surface area contributed by atoms with Gasteiger partial charge < -0.3 is 9.88 Å². The van der Waals surface area contributed by atoms with Crippen LogP contribution in [0.2, 0.25) is 10.0 Å². The van der Waals surface area contributed by atoms with Crippen LogP contribution in [-0.2, 0) is 18.3 Å². The minimum absolute atomic E-state index is 0. The van der Waals surface area contributed by atoms with E-state index in [1.807, 2.05) is 17.0 Å². The molecule has 2 aromatic rings. The first-order valence-electron chi connectivity index (χ1n) is 8.44. The van der Waals surface area contributed by atoms with Crippen LogP contribution in [0.5, 0.6) is 0 Å². The highest BCUT2D eigenvalue weighted by Crippen LogP contribution is 2.23. The number of carbonyl (C=O) groups is 1. The molecule has 142 valence electrons. The van der Waals surface area contributed by atoms with E-state index < -0.39 is 0 Å². The summed E-state index contributed by atoms with van der Waals surface area (Å²) in [6.45, 7) is 0. The molecule has 0 saturated heterocycles. The van der Waals surface area contributed by atoms with Gasteiger partial charge in [-0.25, -0.2) is 0 Å². The first-order valence-corrected chi connectivity index (χ1v) is 10.1. The summed E-state index contributed by atoms with van der Waals surface area (Å²) in [5.74, 6) is -0.101. The summed E-state index contributed by atoms with van der Waals surface area (Å²) in [6.07, 6.45) is 6.48. The van der Waals surface area contributed by atoms with E-state index in [4.69, 9.17) is 28.2 Å². The monoisotopic (exact) mass is 433 g/mol. The molecule has 1 fully saturated rings. The summed E-state index contributed by atoms with van der Waals surface area (Å²) in [7, 11) is 1.97. The number of aromatic nitrogens is 1. The SMILES string of the molecule is Cl.Cn1c(CC(=O)Nc2cc(Cl)cc(Cl)c2)csc1=NC1CCCCC1. The van der Waals surface area contributed by atoms with E-state index in [0.29, 0.717) is 21.8 Å². The van der Waals surface area contributed by atoms with Gasteiger partial charge in [0.2, 0.25) is 5.91 Å². The van der Waals surface area contributed by atoms with Crippen molar-refractivity contribution in [3.8, 4) is 0 Å². The Morgan fingerprint density at radius 3 is 2.54 bits per heavy atom. The Balaban J connectivity index is 0.00000243. The molecule has 8 heteroatoms. The Morgan fingerprint density at radius 2 is 1.88 bits per heavy atom. The Labute approximate surface area is 173 Å². The number of carbonyl (C=O) groups excluding carboxylic acids is 1. The van der Waals surface area contributed by atoms with Gasteiger partial charge >= 0.3 is 0 Å². The Morgan fingerprint density at radius 1 is 1.23 bits per heavy atom. The van der Waals surface area contributed by atoms with Crippen molar-refractivity contribution in [2.24, 2.45) is 12.0 Å². The molecule has 0 atom stereocenters. The second-order valence-electron chi connectivity index (χ2n) is 6.37. The number of rotatable bonds is 4. The van der Waals surface area contributed by atoms with E-state index in [2.05, 4.69) is 5.32 Å². The molecule has 0 unspecified atom stereocenters. The van der Waals surface area contributed by atoms with E-state index in [1.165, 1.54) is 32.1 Å². The van der Waals surface area contributed by atoms with E-state index in [9.17, 15) is 4.79 Å². The number of thiazole rings is 1. The van der Waals surface area contributed by atoms with E-state index in [1.54, 1.807) is 29.5 Å². The number of anilines is 1. The maximum atomic E-state index is 12.3. The zero-order chi connectivity index (χ0) is 17.8. The molecular weight excluding hydrogens is 413 g/mol. The molecule has 1 aliphatic carbocycles. The molecule has 4 nitrogen and oxygen atoms in total. The van der Waals surface area contributed by atoms with Gasteiger partial charge in [0, 0.05) is 33.9 Å². The normalized spacial score (nSPS) is 15.6. The van der Waals surface area contributed by atoms with Crippen molar-refractivity contribution in [2.45, 2.75) is 44.6 Å². The standard InChI is InChI=1S/C18H21Cl2N3OS.ClH/c1-23-16(11-25-18(23)22-14-5-3-2-4-6-14)10-17(24)21-15-8-12(19)7-13(20)9-15;/h7-9,11,14H,2-6,10H2,1H3,(H,21,24);1H. The average molecular weight is 435 g/mol. The third kappa shape index (κ3) is 5.74. The van der Waals surface area contributed by atoms with Gasteiger partial charge in [-0.05, 0) is 31.0 Å². The molecule has 1 heterocycles. The maximum Gasteiger partial charge on any atom is 0.230 e. The Hall–Kier alpha value is -1.01. The highest BCUT2D eigenvalue weighted by atomic mass is 35.5. The van der Waals surface area contributed by atoms with Crippen molar-refractivity contribution in [3.63, 3.8) is 0 Å². The van der Waals surface area contributed by atoms with Gasteiger partial charge in [-0.3, -0.25) is 9.79 Å². The maximum absolute atomic E-state index is 12.3. The largest absolute Gasteiger partial charge is 0.326 e. The predicted molar refractivity (Wildman–Crippen MR) is 112 cm³/mol. The molecule has 0 radical (unpaired) electrons. The van der Waals surface area contributed by atoms with Crippen molar-refractivity contribution in [1.29, 1.82) is 0 Å². The lowest BCUT2D eigenvalue weighted by atomic mass is 9.96. The van der Waals surface area contributed by atoms with Crippen LogP contribution >= 0.6 is 46.9 Å². The molecule has 1 aromatic carbocycles. The molecule has 1 amide bonds. The lowest BCUT2D eigenvalue weighted by molar-refractivity contribution is -0.115.